The van der Waals surface area contributed by atoms with Gasteiger partial charge in [-0.05, 0) is 18.2 Å². The molecule has 0 saturated carbocycles. The van der Waals surface area contributed by atoms with Crippen molar-refractivity contribution in [3.63, 3.8) is 0 Å². The van der Waals surface area contributed by atoms with E-state index in [9.17, 15) is 13.2 Å². The lowest BCUT2D eigenvalue weighted by atomic mass is 10.1. The van der Waals surface area contributed by atoms with Crippen LogP contribution in [0, 0.1) is 0 Å². The van der Waals surface area contributed by atoms with Gasteiger partial charge in [0.1, 0.15) is 10.8 Å². The number of rotatable bonds is 6. The number of methoxy groups -OCH3 is 1. The van der Waals surface area contributed by atoms with Gasteiger partial charge in [-0.3, -0.25) is 9.52 Å². The van der Waals surface area contributed by atoms with Gasteiger partial charge in [-0.2, -0.15) is 0 Å². The zero-order valence-corrected chi connectivity index (χ0v) is 18.3. The monoisotopic (exact) mass is 460 g/mol. The molecule has 11 heteroatoms. The van der Waals surface area contributed by atoms with Crippen molar-refractivity contribution in [3.05, 3.63) is 54.1 Å². The van der Waals surface area contributed by atoms with E-state index < -0.39 is 10.0 Å². The molecule has 1 amide bonds. The zero-order chi connectivity index (χ0) is 21.8. The number of hydrogen-bond acceptors (Lipinski definition) is 8. The van der Waals surface area contributed by atoms with Crippen molar-refractivity contribution in [2.24, 2.45) is 0 Å². The van der Waals surface area contributed by atoms with E-state index in [1.165, 1.54) is 25.3 Å². The highest BCUT2D eigenvalue weighted by Gasteiger charge is 2.25. The summed E-state index contributed by atoms with van der Waals surface area (Å²) in [5, 5.41) is 8.71. The second kappa shape index (κ2) is 9.00. The lowest BCUT2D eigenvalue weighted by Crippen LogP contribution is -2.40. The first kappa shape index (κ1) is 21.2. The first-order valence-corrected chi connectivity index (χ1v) is 11.7. The van der Waals surface area contributed by atoms with Gasteiger partial charge in [0, 0.05) is 18.7 Å². The molecule has 2 heterocycles. The van der Waals surface area contributed by atoms with Gasteiger partial charge in [0.25, 0.3) is 15.9 Å². The number of sulfonamides is 1. The van der Waals surface area contributed by atoms with Crippen molar-refractivity contribution in [2.45, 2.75) is 4.90 Å². The Kier molecular flexibility index (Phi) is 6.16. The maximum absolute atomic E-state index is 12.9. The molecule has 0 bridgehead atoms. The van der Waals surface area contributed by atoms with Crippen LogP contribution in [-0.2, 0) is 14.8 Å². The third kappa shape index (κ3) is 4.68. The molecule has 0 radical (unpaired) electrons. The number of hydrogen-bond donors (Lipinski definition) is 1. The number of aromatic nitrogens is 2. The first-order valence-electron chi connectivity index (χ1n) is 9.45. The summed E-state index contributed by atoms with van der Waals surface area (Å²) in [7, 11) is -2.55. The second-order valence-electron chi connectivity index (χ2n) is 6.65. The summed E-state index contributed by atoms with van der Waals surface area (Å²) < 4.78 is 38.9. The van der Waals surface area contributed by atoms with Gasteiger partial charge in [-0.1, -0.05) is 41.7 Å². The van der Waals surface area contributed by atoms with Crippen LogP contribution in [0.2, 0.25) is 0 Å². The summed E-state index contributed by atoms with van der Waals surface area (Å²) >= 11 is 1.12. The minimum Gasteiger partial charge on any atom is -0.496 e. The second-order valence-corrected chi connectivity index (χ2v) is 9.31. The van der Waals surface area contributed by atoms with E-state index in [0.717, 1.165) is 16.9 Å². The van der Waals surface area contributed by atoms with Crippen LogP contribution in [0.5, 0.6) is 5.75 Å². The van der Waals surface area contributed by atoms with Crippen molar-refractivity contribution < 1.29 is 22.7 Å². The molecule has 1 aliphatic heterocycles. The van der Waals surface area contributed by atoms with Crippen LogP contribution < -0.4 is 9.46 Å². The summed E-state index contributed by atoms with van der Waals surface area (Å²) in [6.07, 6.45) is 0. The number of benzene rings is 2. The first-order chi connectivity index (χ1) is 15.0. The molecular formula is C20H20N4O5S2. The number of nitrogens with zero attached hydrogens (tertiary/aromatic N) is 3. The molecule has 1 N–H and O–H groups in total. The number of anilines is 1. The Labute approximate surface area is 183 Å². The number of nitrogens with one attached hydrogen (secondary N) is 1. The molecular weight excluding hydrogens is 440 g/mol. The molecule has 1 aliphatic rings. The molecule has 9 nitrogen and oxygen atoms in total. The van der Waals surface area contributed by atoms with Crippen molar-refractivity contribution in [1.29, 1.82) is 0 Å². The van der Waals surface area contributed by atoms with Crippen LogP contribution in [0.25, 0.3) is 10.6 Å². The largest absolute Gasteiger partial charge is 0.496 e. The minimum atomic E-state index is -3.99. The summed E-state index contributed by atoms with van der Waals surface area (Å²) in [5.41, 5.74) is 1.02. The Bertz CT molecular complexity index is 1180. The number of ether oxygens (including phenoxy) is 2. The average molecular weight is 461 g/mol. The third-order valence-electron chi connectivity index (χ3n) is 4.68. The molecule has 1 aromatic heterocycles. The highest BCUT2D eigenvalue weighted by atomic mass is 32.2. The van der Waals surface area contributed by atoms with Gasteiger partial charge in [0.05, 0.1) is 30.8 Å². The highest BCUT2D eigenvalue weighted by Crippen LogP contribution is 2.29. The van der Waals surface area contributed by atoms with Crippen molar-refractivity contribution in [3.8, 4) is 16.3 Å². The van der Waals surface area contributed by atoms with Crippen LogP contribution >= 0.6 is 11.3 Å². The minimum absolute atomic E-state index is 0.0682. The van der Waals surface area contributed by atoms with E-state index >= 15 is 0 Å². The molecule has 31 heavy (non-hydrogen) atoms. The summed E-state index contributed by atoms with van der Waals surface area (Å²) in [6.45, 7) is 1.75. The van der Waals surface area contributed by atoms with E-state index in [1.807, 2.05) is 30.3 Å². The maximum Gasteiger partial charge on any atom is 0.263 e. The molecule has 1 fully saturated rings. The quantitative estimate of drug-likeness (QED) is 0.602. The molecule has 1 saturated heterocycles. The number of carbonyl (C=O) groups is 1. The van der Waals surface area contributed by atoms with Crippen molar-refractivity contribution >= 4 is 32.4 Å². The predicted molar refractivity (Wildman–Crippen MR) is 116 cm³/mol. The Morgan fingerprint density at radius 3 is 2.58 bits per heavy atom. The molecule has 2 aromatic carbocycles. The van der Waals surface area contributed by atoms with Gasteiger partial charge < -0.3 is 14.4 Å². The van der Waals surface area contributed by atoms with E-state index in [2.05, 4.69) is 14.9 Å². The van der Waals surface area contributed by atoms with Crippen molar-refractivity contribution in [2.75, 3.05) is 38.1 Å². The van der Waals surface area contributed by atoms with E-state index in [-0.39, 0.29) is 21.5 Å². The fraction of sp³-hybridized carbons (Fsp3) is 0.250. The highest BCUT2D eigenvalue weighted by molar-refractivity contribution is 7.93. The lowest BCUT2D eigenvalue weighted by Gasteiger charge is -2.27. The molecule has 0 spiro atoms. The Morgan fingerprint density at radius 2 is 1.87 bits per heavy atom. The SMILES string of the molecule is COc1ccc(S(=O)(=O)Nc2nnc(-c3ccccc3)s2)cc1C(=O)N1CCOCC1. The maximum atomic E-state index is 12.9. The van der Waals surface area contributed by atoms with Crippen LogP contribution in [0.15, 0.2) is 53.4 Å². The zero-order valence-electron chi connectivity index (χ0n) is 16.6. The molecule has 3 aromatic rings. The molecule has 0 atom stereocenters. The van der Waals surface area contributed by atoms with Gasteiger partial charge in [0.15, 0.2) is 0 Å². The van der Waals surface area contributed by atoms with Crippen LogP contribution in [0.1, 0.15) is 10.4 Å². The molecule has 4 rings (SSSR count). The van der Waals surface area contributed by atoms with E-state index in [1.54, 1.807) is 4.90 Å². The smallest absolute Gasteiger partial charge is 0.263 e. The van der Waals surface area contributed by atoms with Gasteiger partial charge in [0.2, 0.25) is 5.13 Å². The standard InChI is InChI=1S/C20H20N4O5S2/c1-28-17-8-7-15(13-16(17)19(25)24-9-11-29-12-10-24)31(26,27)23-20-22-21-18(30-20)14-5-3-2-4-6-14/h2-8,13H,9-12H2,1H3,(H,22,23). The lowest BCUT2D eigenvalue weighted by molar-refractivity contribution is 0.0300. The van der Waals surface area contributed by atoms with E-state index in [0.29, 0.717) is 37.1 Å². The number of carbonyl (C=O) groups excluding carboxylic acids is 1. The summed E-state index contributed by atoms with van der Waals surface area (Å²) in [6, 6.07) is 13.5. The summed E-state index contributed by atoms with van der Waals surface area (Å²) in [5.74, 6) is -0.00259. The molecule has 0 aliphatic carbocycles. The fourth-order valence-corrected chi connectivity index (χ4v) is 5.10. The van der Waals surface area contributed by atoms with E-state index in [4.69, 9.17) is 9.47 Å². The number of amides is 1. The van der Waals surface area contributed by atoms with Crippen LogP contribution in [0.4, 0.5) is 5.13 Å². The van der Waals surface area contributed by atoms with Crippen LogP contribution in [0.3, 0.4) is 0 Å². The van der Waals surface area contributed by atoms with Gasteiger partial charge in [-0.15, -0.1) is 10.2 Å². The van der Waals surface area contributed by atoms with Gasteiger partial charge in [-0.25, -0.2) is 8.42 Å². The van der Waals surface area contributed by atoms with Crippen molar-refractivity contribution in [1.82, 2.24) is 15.1 Å². The number of morpholine rings is 1. The normalized spacial score (nSPS) is 14.3. The molecule has 162 valence electrons. The topological polar surface area (TPSA) is 111 Å². The Balaban J connectivity index is 1.59. The Morgan fingerprint density at radius 1 is 1.13 bits per heavy atom. The fourth-order valence-electron chi connectivity index (χ4n) is 3.09. The van der Waals surface area contributed by atoms with Crippen LogP contribution in [-0.4, -0.2) is 62.8 Å². The van der Waals surface area contributed by atoms with Gasteiger partial charge >= 0.3 is 0 Å². The summed E-state index contributed by atoms with van der Waals surface area (Å²) in [4.78, 5) is 14.5. The third-order valence-corrected chi connectivity index (χ3v) is 7.03. The molecule has 0 unspecified atom stereocenters. The average Bonchev–Trinajstić information content (AvgIpc) is 3.27. The predicted octanol–water partition coefficient (Wildman–Crippen LogP) is 2.49. The Hall–Kier alpha value is -3.02.